The Balaban J connectivity index is 2.95. The Morgan fingerprint density at radius 3 is 2.75 bits per heavy atom. The molecule has 0 aliphatic heterocycles. The molecule has 1 aromatic heterocycles. The standard InChI is InChI=1S/C8H7BrO2S/c1-5(8(10)11)2-6-3-12-4-7(6)9/h2-4H,1H3,(H,10,11)/b5-2-. The van der Waals surface area contributed by atoms with Crippen molar-refractivity contribution in [3.8, 4) is 0 Å². The molecule has 4 heteroatoms. The molecule has 0 aliphatic carbocycles. The highest BCUT2D eigenvalue weighted by atomic mass is 79.9. The van der Waals surface area contributed by atoms with Crippen LogP contribution in [0.5, 0.6) is 0 Å². The Morgan fingerprint density at radius 2 is 2.33 bits per heavy atom. The summed E-state index contributed by atoms with van der Waals surface area (Å²) in [7, 11) is 0. The van der Waals surface area contributed by atoms with Crippen LogP contribution in [0, 0.1) is 0 Å². The Kier molecular flexibility index (Phi) is 3.05. The largest absolute Gasteiger partial charge is 0.478 e. The molecule has 0 spiro atoms. The maximum Gasteiger partial charge on any atom is 0.331 e. The first-order valence-corrected chi connectivity index (χ1v) is 4.98. The van der Waals surface area contributed by atoms with Crippen molar-refractivity contribution in [1.29, 1.82) is 0 Å². The number of thiophene rings is 1. The third-order valence-electron chi connectivity index (χ3n) is 1.35. The molecule has 2 nitrogen and oxygen atoms in total. The third kappa shape index (κ3) is 2.19. The van der Waals surface area contributed by atoms with Crippen LogP contribution >= 0.6 is 27.3 Å². The maximum absolute atomic E-state index is 10.5. The molecular weight excluding hydrogens is 240 g/mol. The van der Waals surface area contributed by atoms with Crippen molar-refractivity contribution in [1.82, 2.24) is 0 Å². The van der Waals surface area contributed by atoms with Gasteiger partial charge in [0.05, 0.1) is 0 Å². The van der Waals surface area contributed by atoms with Crippen LogP contribution in [-0.2, 0) is 4.79 Å². The number of carbonyl (C=O) groups is 1. The fourth-order valence-corrected chi connectivity index (χ4v) is 2.06. The number of halogens is 1. The van der Waals surface area contributed by atoms with E-state index in [0.717, 1.165) is 10.0 Å². The number of hydrogen-bond acceptors (Lipinski definition) is 2. The minimum Gasteiger partial charge on any atom is -0.478 e. The van der Waals surface area contributed by atoms with E-state index in [0.29, 0.717) is 5.57 Å². The van der Waals surface area contributed by atoms with Crippen LogP contribution in [0.1, 0.15) is 12.5 Å². The molecule has 12 heavy (non-hydrogen) atoms. The van der Waals surface area contributed by atoms with Crippen LogP contribution < -0.4 is 0 Å². The molecule has 1 aromatic rings. The molecule has 0 aromatic carbocycles. The molecule has 1 N–H and O–H groups in total. The lowest BCUT2D eigenvalue weighted by Gasteiger charge is -1.91. The number of carboxylic acids is 1. The second-order valence-electron chi connectivity index (χ2n) is 2.31. The highest BCUT2D eigenvalue weighted by Crippen LogP contribution is 2.23. The van der Waals surface area contributed by atoms with Crippen molar-refractivity contribution in [2.45, 2.75) is 6.92 Å². The summed E-state index contributed by atoms with van der Waals surface area (Å²) >= 11 is 4.85. The van der Waals surface area contributed by atoms with Crippen LogP contribution in [0.15, 0.2) is 20.8 Å². The van der Waals surface area contributed by atoms with Gasteiger partial charge in [-0.15, -0.1) is 0 Å². The van der Waals surface area contributed by atoms with E-state index in [1.165, 1.54) is 11.3 Å². The summed E-state index contributed by atoms with van der Waals surface area (Å²) in [5.41, 5.74) is 1.26. The van der Waals surface area contributed by atoms with Crippen molar-refractivity contribution in [3.63, 3.8) is 0 Å². The number of hydrogen-bond donors (Lipinski definition) is 1. The van der Waals surface area contributed by atoms with Gasteiger partial charge in [0.25, 0.3) is 0 Å². The molecule has 0 amide bonds. The van der Waals surface area contributed by atoms with E-state index in [-0.39, 0.29) is 0 Å². The van der Waals surface area contributed by atoms with Gasteiger partial charge in [0.15, 0.2) is 0 Å². The third-order valence-corrected chi connectivity index (χ3v) is 3.10. The summed E-state index contributed by atoms with van der Waals surface area (Å²) in [5, 5.41) is 12.4. The van der Waals surface area contributed by atoms with Crippen molar-refractivity contribution < 1.29 is 9.90 Å². The van der Waals surface area contributed by atoms with Crippen molar-refractivity contribution >= 4 is 39.3 Å². The van der Waals surface area contributed by atoms with E-state index in [9.17, 15) is 4.79 Å². The molecule has 0 saturated carbocycles. The fourth-order valence-electron chi connectivity index (χ4n) is 0.689. The van der Waals surface area contributed by atoms with E-state index in [1.54, 1.807) is 13.0 Å². The fraction of sp³-hybridized carbons (Fsp3) is 0.125. The Bertz CT molecular complexity index is 328. The zero-order valence-electron chi connectivity index (χ0n) is 6.37. The van der Waals surface area contributed by atoms with Crippen molar-refractivity contribution in [3.05, 3.63) is 26.4 Å². The van der Waals surface area contributed by atoms with Gasteiger partial charge in [0, 0.05) is 15.4 Å². The first-order chi connectivity index (χ1) is 5.61. The Hall–Kier alpha value is -0.610. The lowest BCUT2D eigenvalue weighted by atomic mass is 10.2. The normalized spacial score (nSPS) is 11.7. The van der Waals surface area contributed by atoms with Crippen LogP contribution in [0.3, 0.4) is 0 Å². The summed E-state index contributed by atoms with van der Waals surface area (Å²) in [6.07, 6.45) is 1.64. The summed E-state index contributed by atoms with van der Waals surface area (Å²) in [6.45, 7) is 1.58. The maximum atomic E-state index is 10.5. The first kappa shape index (κ1) is 9.48. The number of carboxylic acid groups (broad SMARTS) is 1. The van der Waals surface area contributed by atoms with Crippen molar-refractivity contribution in [2.24, 2.45) is 0 Å². The van der Waals surface area contributed by atoms with Crippen LogP contribution in [0.25, 0.3) is 6.08 Å². The SMILES string of the molecule is C/C(=C/c1cscc1Br)C(=O)O. The average Bonchev–Trinajstić information content (AvgIpc) is 2.36. The van der Waals surface area contributed by atoms with Gasteiger partial charge in [-0.2, -0.15) is 11.3 Å². The molecule has 0 fully saturated rings. The number of aliphatic carboxylic acids is 1. The van der Waals surface area contributed by atoms with Gasteiger partial charge in [-0.05, 0) is 39.9 Å². The van der Waals surface area contributed by atoms with Gasteiger partial charge in [0.1, 0.15) is 0 Å². The minimum absolute atomic E-state index is 0.342. The summed E-state index contributed by atoms with van der Waals surface area (Å²) in [6, 6.07) is 0. The van der Waals surface area contributed by atoms with E-state index < -0.39 is 5.97 Å². The average molecular weight is 247 g/mol. The van der Waals surface area contributed by atoms with Gasteiger partial charge < -0.3 is 5.11 Å². The van der Waals surface area contributed by atoms with E-state index >= 15 is 0 Å². The number of rotatable bonds is 2. The predicted molar refractivity (Wildman–Crippen MR) is 53.3 cm³/mol. The second kappa shape index (κ2) is 3.87. The molecular formula is C8H7BrO2S. The molecule has 0 bridgehead atoms. The van der Waals surface area contributed by atoms with Gasteiger partial charge >= 0.3 is 5.97 Å². The zero-order chi connectivity index (χ0) is 9.14. The topological polar surface area (TPSA) is 37.3 Å². The van der Waals surface area contributed by atoms with Gasteiger partial charge in [0.2, 0.25) is 0 Å². The molecule has 1 rings (SSSR count). The van der Waals surface area contributed by atoms with Crippen LogP contribution in [0.2, 0.25) is 0 Å². The quantitative estimate of drug-likeness (QED) is 0.815. The monoisotopic (exact) mass is 246 g/mol. The smallest absolute Gasteiger partial charge is 0.331 e. The second-order valence-corrected chi connectivity index (χ2v) is 3.91. The molecule has 0 saturated heterocycles. The van der Waals surface area contributed by atoms with Gasteiger partial charge in [-0.1, -0.05) is 0 Å². The zero-order valence-corrected chi connectivity index (χ0v) is 8.78. The Morgan fingerprint density at radius 1 is 1.67 bits per heavy atom. The summed E-state index contributed by atoms with van der Waals surface area (Å²) < 4.78 is 0.938. The minimum atomic E-state index is -0.881. The lowest BCUT2D eigenvalue weighted by molar-refractivity contribution is -0.132. The highest BCUT2D eigenvalue weighted by molar-refractivity contribution is 9.10. The molecule has 0 unspecified atom stereocenters. The van der Waals surface area contributed by atoms with Gasteiger partial charge in [-0.3, -0.25) is 0 Å². The first-order valence-electron chi connectivity index (χ1n) is 3.24. The van der Waals surface area contributed by atoms with Crippen molar-refractivity contribution in [2.75, 3.05) is 0 Å². The van der Waals surface area contributed by atoms with E-state index in [2.05, 4.69) is 15.9 Å². The van der Waals surface area contributed by atoms with E-state index in [4.69, 9.17) is 5.11 Å². The molecule has 0 radical (unpaired) electrons. The highest BCUT2D eigenvalue weighted by Gasteiger charge is 2.02. The predicted octanol–water partition coefficient (Wildman–Crippen LogP) is 3.00. The Labute approximate surface area is 82.7 Å². The molecule has 0 aliphatic rings. The summed E-state index contributed by atoms with van der Waals surface area (Å²) in [4.78, 5) is 10.5. The van der Waals surface area contributed by atoms with E-state index in [1.807, 2.05) is 10.8 Å². The van der Waals surface area contributed by atoms with Crippen LogP contribution in [-0.4, -0.2) is 11.1 Å². The molecule has 64 valence electrons. The lowest BCUT2D eigenvalue weighted by Crippen LogP contribution is -1.94. The van der Waals surface area contributed by atoms with Gasteiger partial charge in [-0.25, -0.2) is 4.79 Å². The van der Waals surface area contributed by atoms with Crippen LogP contribution in [0.4, 0.5) is 0 Å². The molecule has 0 atom stereocenters. The molecule has 1 heterocycles. The summed E-state index contributed by atoms with van der Waals surface area (Å²) in [5.74, 6) is -0.881.